The second kappa shape index (κ2) is 6.58. The van der Waals surface area contributed by atoms with Gasteiger partial charge in [-0.2, -0.15) is 0 Å². The first kappa shape index (κ1) is 17.0. The van der Waals surface area contributed by atoms with E-state index >= 15 is 0 Å². The van der Waals surface area contributed by atoms with Crippen LogP contribution in [0.4, 0.5) is 10.5 Å². The van der Waals surface area contributed by atoms with Gasteiger partial charge in [-0.15, -0.1) is 0 Å². The van der Waals surface area contributed by atoms with Gasteiger partial charge in [0.1, 0.15) is 0 Å². The summed E-state index contributed by atoms with van der Waals surface area (Å²) in [6, 6.07) is 5.97. The largest absolute Gasteiger partial charge is 0.478 e. The number of urea groups is 1. The van der Waals surface area contributed by atoms with Crippen LogP contribution < -0.4 is 4.90 Å². The van der Waals surface area contributed by atoms with Crippen LogP contribution in [0.1, 0.15) is 31.1 Å². The summed E-state index contributed by atoms with van der Waals surface area (Å²) in [5.41, 5.74) is -0.629. The summed E-state index contributed by atoms with van der Waals surface area (Å²) >= 11 is 0. The van der Waals surface area contributed by atoms with Crippen LogP contribution >= 0.6 is 0 Å². The predicted octanol–water partition coefficient (Wildman–Crippen LogP) is 2.03. The van der Waals surface area contributed by atoms with Gasteiger partial charge in [-0.25, -0.2) is 9.59 Å². The van der Waals surface area contributed by atoms with Gasteiger partial charge >= 0.3 is 12.0 Å². The Labute approximate surface area is 124 Å². The van der Waals surface area contributed by atoms with Crippen LogP contribution in [0, 0.1) is 0 Å². The zero-order valence-electron chi connectivity index (χ0n) is 12.8. The minimum absolute atomic E-state index is 0.0626. The number of carboxylic acid groups (broad SMARTS) is 1. The highest BCUT2D eigenvalue weighted by Crippen LogP contribution is 2.21. The van der Waals surface area contributed by atoms with E-state index in [4.69, 9.17) is 0 Å². The van der Waals surface area contributed by atoms with Gasteiger partial charge in [0.05, 0.1) is 23.4 Å². The van der Waals surface area contributed by atoms with Gasteiger partial charge in [0, 0.05) is 13.6 Å². The summed E-state index contributed by atoms with van der Waals surface area (Å²) in [7, 11) is 1.52. The van der Waals surface area contributed by atoms with E-state index in [0.717, 1.165) is 0 Å². The molecule has 116 valence electrons. The van der Waals surface area contributed by atoms with E-state index in [2.05, 4.69) is 0 Å². The van der Waals surface area contributed by atoms with Crippen LogP contribution in [0.2, 0.25) is 0 Å². The molecule has 21 heavy (non-hydrogen) atoms. The fourth-order valence-electron chi connectivity index (χ4n) is 2.04. The molecule has 0 aliphatic rings. The molecule has 1 aromatic carbocycles. The fourth-order valence-corrected chi connectivity index (χ4v) is 2.04. The molecule has 0 heterocycles. The lowest BCUT2D eigenvalue weighted by Crippen LogP contribution is -2.47. The molecule has 1 aromatic rings. The standard InChI is InChI=1S/C15H22N2O4/c1-5-17(10-15(2,3)21)14(20)16(4)12-9-7-6-8-11(12)13(18)19/h6-9,21H,5,10H2,1-4H3,(H,18,19). The van der Waals surface area contributed by atoms with Crippen molar-refractivity contribution < 1.29 is 19.8 Å². The topological polar surface area (TPSA) is 81.1 Å². The number of amides is 2. The third-order valence-electron chi connectivity index (χ3n) is 3.01. The van der Waals surface area contributed by atoms with Crippen molar-refractivity contribution in [3.63, 3.8) is 0 Å². The molecular formula is C15H22N2O4. The van der Waals surface area contributed by atoms with Crippen molar-refractivity contribution in [2.75, 3.05) is 25.0 Å². The summed E-state index contributed by atoms with van der Waals surface area (Å²) in [6.07, 6.45) is 0. The fraction of sp³-hybridized carbons (Fsp3) is 0.467. The number of carboxylic acids is 1. The Morgan fingerprint density at radius 2 is 1.81 bits per heavy atom. The van der Waals surface area contributed by atoms with Crippen molar-refractivity contribution in [2.24, 2.45) is 0 Å². The first-order valence-corrected chi connectivity index (χ1v) is 6.74. The van der Waals surface area contributed by atoms with Crippen molar-refractivity contribution >= 4 is 17.7 Å². The highest BCUT2D eigenvalue weighted by molar-refractivity contribution is 6.01. The molecule has 1 rings (SSSR count). The van der Waals surface area contributed by atoms with Gasteiger partial charge in [-0.3, -0.25) is 4.90 Å². The maximum Gasteiger partial charge on any atom is 0.337 e. The second-order valence-electron chi connectivity index (χ2n) is 5.49. The molecule has 0 saturated heterocycles. The minimum atomic E-state index is -1.09. The van der Waals surface area contributed by atoms with Gasteiger partial charge in [-0.1, -0.05) is 12.1 Å². The van der Waals surface area contributed by atoms with Crippen molar-refractivity contribution in [3.05, 3.63) is 29.8 Å². The third-order valence-corrected chi connectivity index (χ3v) is 3.01. The molecule has 2 amide bonds. The zero-order chi connectivity index (χ0) is 16.2. The molecule has 0 radical (unpaired) electrons. The lowest BCUT2D eigenvalue weighted by Gasteiger charge is -2.32. The SMILES string of the molecule is CCN(CC(C)(C)O)C(=O)N(C)c1ccccc1C(=O)O. The Kier molecular flexibility index (Phi) is 5.32. The number of anilines is 1. The van der Waals surface area contributed by atoms with Gasteiger partial charge in [0.2, 0.25) is 0 Å². The lowest BCUT2D eigenvalue weighted by atomic mass is 10.1. The summed E-state index contributed by atoms with van der Waals surface area (Å²) in [4.78, 5) is 26.5. The number of likely N-dealkylation sites (N-methyl/N-ethyl adjacent to an activating group) is 1. The molecule has 0 aliphatic carbocycles. The number of hydrogen-bond acceptors (Lipinski definition) is 3. The highest BCUT2D eigenvalue weighted by Gasteiger charge is 2.26. The number of aliphatic hydroxyl groups is 1. The van der Waals surface area contributed by atoms with E-state index in [-0.39, 0.29) is 18.1 Å². The molecular weight excluding hydrogens is 272 g/mol. The Bertz CT molecular complexity index is 523. The number of rotatable bonds is 5. The minimum Gasteiger partial charge on any atom is -0.478 e. The number of nitrogens with zero attached hydrogens (tertiary/aromatic N) is 2. The molecule has 6 heteroatoms. The molecule has 0 unspecified atom stereocenters. The van der Waals surface area contributed by atoms with E-state index in [1.807, 2.05) is 0 Å². The quantitative estimate of drug-likeness (QED) is 0.870. The van der Waals surface area contributed by atoms with E-state index in [9.17, 15) is 19.8 Å². The normalized spacial score (nSPS) is 11.1. The number of carbonyl (C=O) groups is 2. The molecule has 0 aliphatic heterocycles. The second-order valence-corrected chi connectivity index (χ2v) is 5.49. The molecule has 0 spiro atoms. The van der Waals surface area contributed by atoms with Crippen LogP contribution in [0.25, 0.3) is 0 Å². The van der Waals surface area contributed by atoms with Crippen LogP contribution in [0.15, 0.2) is 24.3 Å². The monoisotopic (exact) mass is 294 g/mol. The number of carbonyl (C=O) groups excluding carboxylic acids is 1. The summed E-state index contributed by atoms with van der Waals surface area (Å²) < 4.78 is 0. The van der Waals surface area contributed by atoms with Crippen molar-refractivity contribution in [1.29, 1.82) is 0 Å². The maximum absolute atomic E-state index is 12.5. The molecule has 6 nitrogen and oxygen atoms in total. The summed E-state index contributed by atoms with van der Waals surface area (Å²) in [5.74, 6) is -1.09. The van der Waals surface area contributed by atoms with Gasteiger partial charge in [0.15, 0.2) is 0 Å². The summed E-state index contributed by atoms with van der Waals surface area (Å²) in [5, 5.41) is 19.0. The predicted molar refractivity (Wildman–Crippen MR) is 80.7 cm³/mol. The van der Waals surface area contributed by atoms with Gasteiger partial charge < -0.3 is 15.1 Å². The molecule has 0 atom stereocenters. The Balaban J connectivity index is 3.04. The molecule has 0 saturated carbocycles. The van der Waals surface area contributed by atoms with E-state index in [1.165, 1.54) is 22.9 Å². The number of para-hydroxylation sites is 1. The Morgan fingerprint density at radius 3 is 2.29 bits per heavy atom. The average Bonchev–Trinajstić information content (AvgIpc) is 2.42. The Hall–Kier alpha value is -2.08. The van der Waals surface area contributed by atoms with Crippen molar-refractivity contribution in [3.8, 4) is 0 Å². The van der Waals surface area contributed by atoms with Crippen molar-refractivity contribution in [1.82, 2.24) is 4.90 Å². The number of benzene rings is 1. The van der Waals surface area contributed by atoms with Gasteiger partial charge in [-0.05, 0) is 32.9 Å². The molecule has 0 fully saturated rings. The smallest absolute Gasteiger partial charge is 0.337 e. The molecule has 0 bridgehead atoms. The van der Waals surface area contributed by atoms with Crippen molar-refractivity contribution in [2.45, 2.75) is 26.4 Å². The molecule has 2 N–H and O–H groups in total. The van der Waals surface area contributed by atoms with Crippen LogP contribution in [0.3, 0.4) is 0 Å². The van der Waals surface area contributed by atoms with E-state index in [1.54, 1.807) is 39.0 Å². The number of aromatic carboxylic acids is 1. The van der Waals surface area contributed by atoms with E-state index < -0.39 is 11.6 Å². The maximum atomic E-state index is 12.5. The van der Waals surface area contributed by atoms with Gasteiger partial charge in [0.25, 0.3) is 0 Å². The lowest BCUT2D eigenvalue weighted by molar-refractivity contribution is 0.0492. The first-order valence-electron chi connectivity index (χ1n) is 6.74. The molecule has 0 aromatic heterocycles. The van der Waals surface area contributed by atoms with E-state index in [0.29, 0.717) is 12.2 Å². The zero-order valence-corrected chi connectivity index (χ0v) is 12.8. The highest BCUT2D eigenvalue weighted by atomic mass is 16.4. The van der Waals surface area contributed by atoms with Crippen LogP contribution in [-0.4, -0.2) is 52.9 Å². The summed E-state index contributed by atoms with van der Waals surface area (Å²) in [6.45, 7) is 5.63. The average molecular weight is 294 g/mol. The number of hydrogen-bond donors (Lipinski definition) is 2. The van der Waals surface area contributed by atoms with Crippen LogP contribution in [0.5, 0.6) is 0 Å². The van der Waals surface area contributed by atoms with Crippen LogP contribution in [-0.2, 0) is 0 Å². The third kappa shape index (κ3) is 4.46. The Morgan fingerprint density at radius 1 is 1.24 bits per heavy atom. The first-order chi connectivity index (χ1) is 9.67.